The number of fused-ring (bicyclic) bond motifs is 1. The number of pyridine rings is 1. The van der Waals surface area contributed by atoms with Gasteiger partial charge in [0.2, 0.25) is 0 Å². The van der Waals surface area contributed by atoms with Crippen LogP contribution in [0.15, 0.2) is 48.9 Å². The summed E-state index contributed by atoms with van der Waals surface area (Å²) in [6.45, 7) is 0.679. The van der Waals surface area contributed by atoms with Crippen molar-refractivity contribution >= 4 is 47.6 Å². The SMILES string of the molecule is Brc1cccc(CNc2cccc3c2N=[Se]=N3)n1. The molecule has 0 fully saturated rings. The molecule has 1 aliphatic heterocycles. The van der Waals surface area contributed by atoms with E-state index in [2.05, 4.69) is 34.2 Å². The molecule has 1 aliphatic rings. The average molecular weight is 368 g/mol. The zero-order valence-corrected chi connectivity index (χ0v) is 12.6. The molecule has 0 radical (unpaired) electrons. The number of rotatable bonds is 3. The van der Waals surface area contributed by atoms with Crippen LogP contribution in [0, 0.1) is 0 Å². The van der Waals surface area contributed by atoms with Crippen molar-refractivity contribution in [1.29, 1.82) is 0 Å². The zero-order chi connectivity index (χ0) is 12.4. The van der Waals surface area contributed by atoms with Crippen molar-refractivity contribution in [2.24, 2.45) is 7.92 Å². The normalized spacial score (nSPS) is 12.1. The van der Waals surface area contributed by atoms with Gasteiger partial charge in [-0.25, -0.2) is 0 Å². The van der Waals surface area contributed by atoms with Crippen LogP contribution < -0.4 is 5.32 Å². The van der Waals surface area contributed by atoms with Gasteiger partial charge in [-0.1, -0.05) is 0 Å². The van der Waals surface area contributed by atoms with Crippen LogP contribution in [0.3, 0.4) is 0 Å². The van der Waals surface area contributed by atoms with Crippen LogP contribution in [0.1, 0.15) is 5.69 Å². The van der Waals surface area contributed by atoms with Gasteiger partial charge >= 0.3 is 119 Å². The van der Waals surface area contributed by atoms with Gasteiger partial charge in [-0.3, -0.25) is 0 Å². The molecule has 2 aromatic rings. The van der Waals surface area contributed by atoms with Gasteiger partial charge in [0.25, 0.3) is 0 Å². The Labute approximate surface area is 119 Å². The van der Waals surface area contributed by atoms with E-state index in [1.807, 2.05) is 36.4 Å². The van der Waals surface area contributed by atoms with Gasteiger partial charge in [0.15, 0.2) is 0 Å². The molecule has 0 bridgehead atoms. The Kier molecular flexibility index (Phi) is 3.41. The van der Waals surface area contributed by atoms with Crippen molar-refractivity contribution < 1.29 is 0 Å². The Hall–Kier alpha value is -1.23. The van der Waals surface area contributed by atoms with Crippen LogP contribution in [0.25, 0.3) is 0 Å². The summed E-state index contributed by atoms with van der Waals surface area (Å²) in [6.07, 6.45) is 0. The number of benzene rings is 1. The van der Waals surface area contributed by atoms with Gasteiger partial charge < -0.3 is 0 Å². The van der Waals surface area contributed by atoms with E-state index in [0.29, 0.717) is 6.54 Å². The predicted octanol–water partition coefficient (Wildman–Crippen LogP) is 3.80. The molecular weight excluding hydrogens is 359 g/mol. The van der Waals surface area contributed by atoms with E-state index in [4.69, 9.17) is 0 Å². The number of anilines is 1. The summed E-state index contributed by atoms with van der Waals surface area (Å²) >= 11 is 3.38. The summed E-state index contributed by atoms with van der Waals surface area (Å²) in [4.78, 5) is 4.39. The monoisotopic (exact) mass is 368 g/mol. The number of hydrogen-bond acceptors (Lipinski definition) is 4. The molecule has 6 heteroatoms. The molecule has 1 aromatic heterocycles. The second kappa shape index (κ2) is 5.18. The predicted molar refractivity (Wildman–Crippen MR) is 75.6 cm³/mol. The van der Waals surface area contributed by atoms with Crippen LogP contribution in [-0.2, 0) is 6.54 Å². The first-order chi connectivity index (χ1) is 8.83. The number of aromatic nitrogens is 1. The Morgan fingerprint density at radius 3 is 2.89 bits per heavy atom. The van der Waals surface area contributed by atoms with Crippen molar-refractivity contribution in [1.82, 2.24) is 4.98 Å². The summed E-state index contributed by atoms with van der Waals surface area (Å²) in [7, 11) is 0. The Bertz CT molecular complexity index is 665. The van der Waals surface area contributed by atoms with Crippen molar-refractivity contribution in [3.8, 4) is 0 Å². The number of halogens is 1. The van der Waals surface area contributed by atoms with E-state index < -0.39 is 0 Å². The molecule has 1 N–H and O–H groups in total. The molecular formula is C12H9BrN4Se. The van der Waals surface area contributed by atoms with Gasteiger partial charge in [-0.15, -0.1) is 0 Å². The van der Waals surface area contributed by atoms with Gasteiger partial charge in [0.05, 0.1) is 0 Å². The van der Waals surface area contributed by atoms with Crippen LogP contribution in [0.2, 0.25) is 0 Å². The molecule has 1 aromatic carbocycles. The molecule has 2 heterocycles. The zero-order valence-electron chi connectivity index (χ0n) is 9.30. The molecule has 0 amide bonds. The van der Waals surface area contributed by atoms with Gasteiger partial charge in [-0.2, -0.15) is 0 Å². The first kappa shape index (κ1) is 11.8. The minimum absolute atomic E-state index is 0.00808. The van der Waals surface area contributed by atoms with Crippen molar-refractivity contribution in [2.45, 2.75) is 6.54 Å². The fourth-order valence-electron chi connectivity index (χ4n) is 1.68. The maximum atomic E-state index is 4.43. The molecule has 0 atom stereocenters. The average Bonchev–Trinajstić information content (AvgIpc) is 2.85. The van der Waals surface area contributed by atoms with Gasteiger partial charge in [-0.05, 0) is 0 Å². The number of nitrogens with zero attached hydrogens (tertiary/aromatic N) is 3. The van der Waals surface area contributed by atoms with E-state index in [-0.39, 0.29) is 14.6 Å². The van der Waals surface area contributed by atoms with E-state index in [1.54, 1.807) is 0 Å². The van der Waals surface area contributed by atoms with E-state index in [0.717, 1.165) is 27.4 Å². The molecule has 90 valence electrons. The third-order valence-corrected chi connectivity index (χ3v) is 4.10. The molecule has 0 saturated carbocycles. The second-order valence-corrected chi connectivity index (χ2v) is 5.66. The van der Waals surface area contributed by atoms with Crippen molar-refractivity contribution in [3.05, 3.63) is 46.7 Å². The summed E-state index contributed by atoms with van der Waals surface area (Å²) in [5, 5.41) is 3.36. The molecule has 4 nitrogen and oxygen atoms in total. The Balaban J connectivity index is 1.79. The first-order valence-corrected chi connectivity index (χ1v) is 7.72. The summed E-state index contributed by atoms with van der Waals surface area (Å²) in [5.74, 6) is 0. The summed E-state index contributed by atoms with van der Waals surface area (Å²) in [6, 6.07) is 11.9. The molecule has 3 rings (SSSR count). The third kappa shape index (κ3) is 2.46. The topological polar surface area (TPSA) is 49.6 Å². The Morgan fingerprint density at radius 1 is 1.11 bits per heavy atom. The second-order valence-electron chi connectivity index (χ2n) is 3.74. The summed E-state index contributed by atoms with van der Waals surface area (Å²) in [5.41, 5.74) is 3.98. The van der Waals surface area contributed by atoms with E-state index in [1.165, 1.54) is 0 Å². The molecule has 0 saturated heterocycles. The summed E-state index contributed by atoms with van der Waals surface area (Å²) < 4.78 is 9.64. The standard InChI is InChI=1S/C12H9BrN4Se/c13-11-6-1-3-8(15-11)7-14-9-4-2-5-10-12(9)17-18-16-10/h1-6,14H,7H2. The first-order valence-electron chi connectivity index (χ1n) is 5.39. The van der Waals surface area contributed by atoms with Gasteiger partial charge in [0, 0.05) is 0 Å². The molecule has 0 aliphatic carbocycles. The number of hydrogen-bond donors (Lipinski definition) is 1. The number of nitrogens with one attached hydrogen (secondary N) is 1. The fourth-order valence-corrected chi connectivity index (χ4v) is 3.22. The van der Waals surface area contributed by atoms with E-state index >= 15 is 0 Å². The minimum atomic E-state index is 0.00808. The third-order valence-electron chi connectivity index (χ3n) is 2.52. The molecule has 0 unspecified atom stereocenters. The van der Waals surface area contributed by atoms with Crippen LogP contribution in [0.4, 0.5) is 17.1 Å². The van der Waals surface area contributed by atoms with E-state index in [9.17, 15) is 0 Å². The van der Waals surface area contributed by atoms with Gasteiger partial charge in [0.1, 0.15) is 0 Å². The van der Waals surface area contributed by atoms with Crippen LogP contribution >= 0.6 is 15.9 Å². The molecule has 18 heavy (non-hydrogen) atoms. The van der Waals surface area contributed by atoms with Crippen LogP contribution in [0.5, 0.6) is 0 Å². The maximum absolute atomic E-state index is 4.43. The molecule has 0 spiro atoms. The van der Waals surface area contributed by atoms with Crippen LogP contribution in [-0.4, -0.2) is 19.6 Å². The van der Waals surface area contributed by atoms with Crippen molar-refractivity contribution in [2.75, 3.05) is 5.32 Å². The Morgan fingerprint density at radius 2 is 2.00 bits per heavy atom. The fraction of sp³-hybridized carbons (Fsp3) is 0.0833. The van der Waals surface area contributed by atoms with Crippen molar-refractivity contribution in [3.63, 3.8) is 0 Å². The quantitative estimate of drug-likeness (QED) is 0.565.